The molecule has 2 atom stereocenters. The zero-order chi connectivity index (χ0) is 13.8. The summed E-state index contributed by atoms with van der Waals surface area (Å²) in [6, 6.07) is 8.64. The molecule has 0 saturated heterocycles. The van der Waals surface area contributed by atoms with E-state index in [9.17, 15) is 10.2 Å². The number of phenolic OH excluding ortho intramolecular Hbond substituents is 2. The number of aromatic nitrogens is 1. The topological polar surface area (TPSA) is 65.4 Å². The van der Waals surface area contributed by atoms with Crippen molar-refractivity contribution in [2.45, 2.75) is 25.9 Å². The second-order valence-electron chi connectivity index (χ2n) is 4.64. The number of nitrogens with one attached hydrogen (secondary N) is 1. The Hall–Kier alpha value is -2.07. The highest BCUT2D eigenvalue weighted by molar-refractivity contribution is 5.40. The third kappa shape index (κ3) is 3.23. The maximum absolute atomic E-state index is 9.83. The van der Waals surface area contributed by atoms with Gasteiger partial charge in [0.05, 0.1) is 0 Å². The lowest BCUT2D eigenvalue weighted by Crippen LogP contribution is -2.22. The van der Waals surface area contributed by atoms with Crippen molar-refractivity contribution in [2.24, 2.45) is 0 Å². The van der Waals surface area contributed by atoms with Crippen molar-refractivity contribution in [3.8, 4) is 11.5 Å². The molecule has 0 bridgehead atoms. The van der Waals surface area contributed by atoms with Gasteiger partial charge in [-0.15, -0.1) is 0 Å². The molecule has 4 nitrogen and oxygen atoms in total. The predicted molar refractivity (Wildman–Crippen MR) is 74.0 cm³/mol. The number of hydrogen-bond donors (Lipinski definition) is 3. The van der Waals surface area contributed by atoms with Crippen LogP contribution in [0.4, 0.5) is 0 Å². The SMILES string of the molecule is CC(N[C@H](C)c1cccnc1)c1ccc(O)cc1O. The molecule has 0 aliphatic carbocycles. The summed E-state index contributed by atoms with van der Waals surface area (Å²) in [5.41, 5.74) is 1.85. The van der Waals surface area contributed by atoms with Crippen LogP contribution in [0, 0.1) is 0 Å². The molecule has 1 heterocycles. The Morgan fingerprint density at radius 2 is 1.89 bits per heavy atom. The van der Waals surface area contributed by atoms with Crippen molar-refractivity contribution in [2.75, 3.05) is 0 Å². The molecule has 1 aromatic carbocycles. The van der Waals surface area contributed by atoms with Gasteiger partial charge in [0.1, 0.15) is 11.5 Å². The van der Waals surface area contributed by atoms with Gasteiger partial charge >= 0.3 is 0 Å². The molecule has 0 amide bonds. The summed E-state index contributed by atoms with van der Waals surface area (Å²) >= 11 is 0. The quantitative estimate of drug-likeness (QED) is 0.789. The van der Waals surface area contributed by atoms with Crippen LogP contribution in [0.5, 0.6) is 11.5 Å². The molecule has 0 spiro atoms. The van der Waals surface area contributed by atoms with Crippen LogP contribution in [-0.4, -0.2) is 15.2 Å². The van der Waals surface area contributed by atoms with E-state index in [4.69, 9.17) is 0 Å². The minimum atomic E-state index is -0.0317. The first-order chi connectivity index (χ1) is 9.08. The Morgan fingerprint density at radius 3 is 2.53 bits per heavy atom. The second kappa shape index (κ2) is 5.71. The third-order valence-corrected chi connectivity index (χ3v) is 3.16. The molecule has 1 unspecified atom stereocenters. The Kier molecular flexibility index (Phi) is 4.02. The molecule has 19 heavy (non-hydrogen) atoms. The lowest BCUT2D eigenvalue weighted by Gasteiger charge is -2.21. The molecule has 0 fully saturated rings. The fourth-order valence-electron chi connectivity index (χ4n) is 2.09. The van der Waals surface area contributed by atoms with Crippen LogP contribution in [-0.2, 0) is 0 Å². The standard InChI is InChI=1S/C15H18N2O2/c1-10(12-4-3-7-16-9-12)17-11(2)14-6-5-13(18)8-15(14)19/h3-11,17-19H,1-2H3/t10-,11?/m1/s1. The Labute approximate surface area is 112 Å². The van der Waals surface area contributed by atoms with Gasteiger partial charge in [0.2, 0.25) is 0 Å². The van der Waals surface area contributed by atoms with Crippen molar-refractivity contribution >= 4 is 0 Å². The fourth-order valence-corrected chi connectivity index (χ4v) is 2.09. The molecule has 0 radical (unpaired) electrons. The summed E-state index contributed by atoms with van der Waals surface area (Å²) < 4.78 is 0. The van der Waals surface area contributed by atoms with E-state index in [-0.39, 0.29) is 23.6 Å². The minimum absolute atomic E-state index is 0.0317. The molecule has 3 N–H and O–H groups in total. The molecule has 100 valence electrons. The van der Waals surface area contributed by atoms with Crippen LogP contribution < -0.4 is 5.32 Å². The van der Waals surface area contributed by atoms with E-state index in [0.29, 0.717) is 0 Å². The fraction of sp³-hybridized carbons (Fsp3) is 0.267. The Balaban J connectivity index is 2.10. The second-order valence-corrected chi connectivity index (χ2v) is 4.64. The molecule has 2 rings (SSSR count). The molecular weight excluding hydrogens is 240 g/mol. The summed E-state index contributed by atoms with van der Waals surface area (Å²) in [5.74, 6) is 0.159. The molecular formula is C15H18N2O2. The van der Waals surface area contributed by atoms with Gasteiger partial charge in [0, 0.05) is 36.1 Å². The number of hydrogen-bond acceptors (Lipinski definition) is 4. The minimum Gasteiger partial charge on any atom is -0.508 e. The number of nitrogens with zero attached hydrogens (tertiary/aromatic N) is 1. The average molecular weight is 258 g/mol. The van der Waals surface area contributed by atoms with Gasteiger partial charge in [-0.3, -0.25) is 4.98 Å². The maximum atomic E-state index is 9.83. The zero-order valence-electron chi connectivity index (χ0n) is 11.0. The smallest absolute Gasteiger partial charge is 0.124 e. The van der Waals surface area contributed by atoms with Gasteiger partial charge in [-0.25, -0.2) is 0 Å². The molecule has 0 aliphatic rings. The van der Waals surface area contributed by atoms with Crippen LogP contribution in [0.25, 0.3) is 0 Å². The predicted octanol–water partition coefficient (Wildman–Crippen LogP) is 2.90. The van der Waals surface area contributed by atoms with E-state index in [1.807, 2.05) is 32.2 Å². The lowest BCUT2D eigenvalue weighted by atomic mass is 10.0. The van der Waals surface area contributed by atoms with Crippen LogP contribution in [0.3, 0.4) is 0 Å². The highest BCUT2D eigenvalue weighted by Gasteiger charge is 2.14. The van der Waals surface area contributed by atoms with Gasteiger partial charge in [-0.1, -0.05) is 12.1 Å². The van der Waals surface area contributed by atoms with E-state index in [1.165, 1.54) is 6.07 Å². The largest absolute Gasteiger partial charge is 0.508 e. The number of benzene rings is 1. The summed E-state index contributed by atoms with van der Waals surface area (Å²) in [4.78, 5) is 4.09. The molecule has 4 heteroatoms. The highest BCUT2D eigenvalue weighted by Crippen LogP contribution is 2.29. The number of phenols is 2. The van der Waals surface area contributed by atoms with Gasteiger partial charge in [0.25, 0.3) is 0 Å². The van der Waals surface area contributed by atoms with E-state index in [0.717, 1.165) is 11.1 Å². The summed E-state index contributed by atoms with van der Waals surface area (Å²) in [6.07, 6.45) is 3.56. The first kappa shape index (κ1) is 13.4. The molecule has 0 saturated carbocycles. The molecule has 0 aliphatic heterocycles. The summed E-state index contributed by atoms with van der Waals surface area (Å²) in [5, 5.41) is 22.5. The number of pyridine rings is 1. The van der Waals surface area contributed by atoms with Gasteiger partial charge in [-0.2, -0.15) is 0 Å². The third-order valence-electron chi connectivity index (χ3n) is 3.16. The number of aromatic hydroxyl groups is 2. The van der Waals surface area contributed by atoms with E-state index in [2.05, 4.69) is 10.3 Å². The average Bonchev–Trinajstić information content (AvgIpc) is 2.39. The molecule has 2 aromatic rings. The van der Waals surface area contributed by atoms with Gasteiger partial charge in [-0.05, 0) is 31.5 Å². The summed E-state index contributed by atoms with van der Waals surface area (Å²) in [6.45, 7) is 4.02. The number of rotatable bonds is 4. The van der Waals surface area contributed by atoms with E-state index >= 15 is 0 Å². The van der Waals surface area contributed by atoms with Gasteiger partial charge in [0.15, 0.2) is 0 Å². The van der Waals surface area contributed by atoms with Crippen molar-refractivity contribution in [3.05, 3.63) is 53.9 Å². The maximum Gasteiger partial charge on any atom is 0.124 e. The highest BCUT2D eigenvalue weighted by atomic mass is 16.3. The first-order valence-electron chi connectivity index (χ1n) is 6.26. The monoisotopic (exact) mass is 258 g/mol. The van der Waals surface area contributed by atoms with Crippen molar-refractivity contribution < 1.29 is 10.2 Å². The first-order valence-corrected chi connectivity index (χ1v) is 6.26. The van der Waals surface area contributed by atoms with Crippen molar-refractivity contribution in [1.82, 2.24) is 10.3 Å². The normalized spacial score (nSPS) is 14.0. The zero-order valence-corrected chi connectivity index (χ0v) is 11.0. The van der Waals surface area contributed by atoms with Crippen LogP contribution >= 0.6 is 0 Å². The van der Waals surface area contributed by atoms with Crippen LogP contribution in [0.15, 0.2) is 42.7 Å². The van der Waals surface area contributed by atoms with Crippen LogP contribution in [0.2, 0.25) is 0 Å². The Bertz CT molecular complexity index is 543. The lowest BCUT2D eigenvalue weighted by molar-refractivity contribution is 0.427. The van der Waals surface area contributed by atoms with Crippen LogP contribution in [0.1, 0.15) is 37.1 Å². The van der Waals surface area contributed by atoms with Crippen molar-refractivity contribution in [3.63, 3.8) is 0 Å². The van der Waals surface area contributed by atoms with E-state index < -0.39 is 0 Å². The van der Waals surface area contributed by atoms with E-state index in [1.54, 1.807) is 18.3 Å². The molecule has 1 aromatic heterocycles. The van der Waals surface area contributed by atoms with Crippen molar-refractivity contribution in [1.29, 1.82) is 0 Å². The summed E-state index contributed by atoms with van der Waals surface area (Å²) in [7, 11) is 0. The Morgan fingerprint density at radius 1 is 1.11 bits per heavy atom. The van der Waals surface area contributed by atoms with Gasteiger partial charge < -0.3 is 15.5 Å².